The molecule has 3 atom stereocenters. The average Bonchev–Trinajstić information content (AvgIpc) is 3.06. The number of hydrogen-bond donors (Lipinski definition) is 1. The molecule has 1 N–H and O–H groups in total. The topological polar surface area (TPSA) is 92.7 Å². The molecule has 0 saturated carbocycles. The fourth-order valence-corrected chi connectivity index (χ4v) is 4.54. The van der Waals surface area contributed by atoms with E-state index in [-0.39, 0.29) is 19.8 Å². The molecule has 0 bridgehead atoms. The van der Waals surface area contributed by atoms with Crippen LogP contribution in [0.2, 0.25) is 0 Å². The van der Waals surface area contributed by atoms with Gasteiger partial charge in [-0.1, -0.05) is 61.6 Å². The Labute approximate surface area is 259 Å². The summed E-state index contributed by atoms with van der Waals surface area (Å²) in [5.41, 5.74) is 3.24. The summed E-state index contributed by atoms with van der Waals surface area (Å²) in [5, 5.41) is 11.4. The number of ether oxygens (including phenoxy) is 6. The maximum Gasteiger partial charge on any atom is 0.339 e. The molecule has 0 saturated heterocycles. The third-order valence-electron chi connectivity index (χ3n) is 7.16. The van der Waals surface area contributed by atoms with Crippen LogP contribution in [0.1, 0.15) is 53.2 Å². The highest BCUT2D eigenvalue weighted by atomic mass is 16.6. The van der Waals surface area contributed by atoms with Crippen LogP contribution in [0.3, 0.4) is 0 Å². The van der Waals surface area contributed by atoms with Crippen molar-refractivity contribution in [2.75, 3.05) is 27.4 Å². The fourth-order valence-electron chi connectivity index (χ4n) is 4.54. The summed E-state index contributed by atoms with van der Waals surface area (Å²) in [6, 6.07) is 22.2. The highest BCUT2D eigenvalue weighted by molar-refractivity contribution is 5.92. The van der Waals surface area contributed by atoms with E-state index >= 15 is 0 Å². The van der Waals surface area contributed by atoms with Gasteiger partial charge < -0.3 is 33.5 Å². The van der Waals surface area contributed by atoms with Crippen molar-refractivity contribution < 1.29 is 38.3 Å². The van der Waals surface area contributed by atoms with Gasteiger partial charge in [0, 0.05) is 17.6 Å². The summed E-state index contributed by atoms with van der Waals surface area (Å²) in [5.74, 6) is 7.17. The summed E-state index contributed by atoms with van der Waals surface area (Å²) in [6.07, 6.45) is 1.79. The van der Waals surface area contributed by atoms with E-state index in [1.807, 2.05) is 54.6 Å². The molecule has 8 nitrogen and oxygen atoms in total. The van der Waals surface area contributed by atoms with Crippen LogP contribution >= 0.6 is 0 Å². The second-order valence-electron chi connectivity index (χ2n) is 10.3. The van der Waals surface area contributed by atoms with Gasteiger partial charge in [-0.3, -0.25) is 0 Å². The van der Waals surface area contributed by atoms with Crippen molar-refractivity contribution in [2.45, 2.75) is 57.7 Å². The number of carbonyl (C=O) groups excluding carboxylic acids is 1. The van der Waals surface area contributed by atoms with Gasteiger partial charge in [-0.2, -0.15) is 0 Å². The van der Waals surface area contributed by atoms with Crippen LogP contribution in [0.5, 0.6) is 11.5 Å². The zero-order valence-corrected chi connectivity index (χ0v) is 25.5. The first-order chi connectivity index (χ1) is 21.5. The molecule has 0 radical (unpaired) electrons. The van der Waals surface area contributed by atoms with Gasteiger partial charge in [0.05, 0.1) is 45.9 Å². The highest BCUT2D eigenvalue weighted by Gasteiger charge is 2.37. The summed E-state index contributed by atoms with van der Waals surface area (Å²) >= 11 is 0. The molecular weight excluding hydrogens is 560 g/mol. The first kappa shape index (κ1) is 32.6. The normalized spacial score (nSPS) is 17.5. The minimum absolute atomic E-state index is 0.167. The highest BCUT2D eigenvalue weighted by Crippen LogP contribution is 2.25. The van der Waals surface area contributed by atoms with Crippen LogP contribution in [-0.2, 0) is 32.2 Å². The second-order valence-corrected chi connectivity index (χ2v) is 10.3. The lowest BCUT2D eigenvalue weighted by atomic mass is 9.99. The number of aliphatic hydroxyl groups is 1. The summed E-state index contributed by atoms with van der Waals surface area (Å²) in [7, 11) is 3.23. The van der Waals surface area contributed by atoms with Gasteiger partial charge in [0.2, 0.25) is 0 Å². The molecule has 4 rings (SSSR count). The summed E-state index contributed by atoms with van der Waals surface area (Å²) in [6.45, 7) is 2.68. The molecule has 0 aromatic heterocycles. The van der Waals surface area contributed by atoms with E-state index in [9.17, 15) is 9.90 Å². The van der Waals surface area contributed by atoms with Gasteiger partial charge in [-0.05, 0) is 53.9 Å². The zero-order valence-electron chi connectivity index (χ0n) is 25.5. The standard InChI is InChI=1S/C36H40O8/c1-4-5-6-7-10-28-11-8-9-12-32(28)36(38)44-24-29-23-42-33(25-41-21-26-13-17-30(39-2)18-14-26)35(34(29)37)43-22-27-15-19-31(40-3)20-16-27/h8-9,11-20,23,33-35,37H,4-6,21-22,24-25H2,1-3H3. The number of esters is 1. The molecule has 1 aliphatic heterocycles. The lowest BCUT2D eigenvalue weighted by Gasteiger charge is -2.35. The van der Waals surface area contributed by atoms with Crippen LogP contribution in [0.15, 0.2) is 84.6 Å². The predicted molar refractivity (Wildman–Crippen MR) is 166 cm³/mol. The fraction of sp³-hybridized carbons (Fsp3) is 0.361. The van der Waals surface area contributed by atoms with E-state index in [0.717, 1.165) is 41.9 Å². The molecule has 3 aromatic carbocycles. The Kier molecular flexibility index (Phi) is 12.7. The monoisotopic (exact) mass is 600 g/mol. The quantitative estimate of drug-likeness (QED) is 0.140. The SMILES string of the molecule is CCCCC#Cc1ccccc1C(=O)OCC1=COC(COCc2ccc(OC)cc2)C(OCc2ccc(OC)cc2)C1O. The van der Waals surface area contributed by atoms with Crippen LogP contribution in [0.25, 0.3) is 0 Å². The first-order valence-electron chi connectivity index (χ1n) is 14.7. The zero-order chi connectivity index (χ0) is 31.1. The maximum atomic E-state index is 13.0. The van der Waals surface area contributed by atoms with Gasteiger partial charge in [0.15, 0.2) is 0 Å². The van der Waals surface area contributed by atoms with Crippen molar-refractivity contribution in [3.05, 3.63) is 107 Å². The molecule has 1 heterocycles. The number of carbonyl (C=O) groups is 1. The lowest BCUT2D eigenvalue weighted by molar-refractivity contribution is -0.136. The van der Waals surface area contributed by atoms with E-state index in [4.69, 9.17) is 28.4 Å². The first-order valence-corrected chi connectivity index (χ1v) is 14.7. The van der Waals surface area contributed by atoms with Crippen molar-refractivity contribution in [2.24, 2.45) is 0 Å². The molecule has 0 aliphatic carbocycles. The number of hydrogen-bond acceptors (Lipinski definition) is 8. The second kappa shape index (κ2) is 17.1. The van der Waals surface area contributed by atoms with Gasteiger partial charge in [0.25, 0.3) is 0 Å². The molecule has 0 spiro atoms. The van der Waals surface area contributed by atoms with Crippen LogP contribution in [0.4, 0.5) is 0 Å². The molecule has 3 aromatic rings. The number of benzene rings is 3. The van der Waals surface area contributed by atoms with E-state index in [0.29, 0.717) is 23.3 Å². The minimum atomic E-state index is -1.09. The number of unbranched alkanes of at least 4 members (excludes halogenated alkanes) is 2. The Balaban J connectivity index is 1.41. The minimum Gasteiger partial charge on any atom is -0.497 e. The van der Waals surface area contributed by atoms with Crippen LogP contribution < -0.4 is 9.47 Å². The Hall–Kier alpha value is -4.29. The molecule has 0 amide bonds. The van der Waals surface area contributed by atoms with Gasteiger partial charge in [-0.25, -0.2) is 4.79 Å². The van der Waals surface area contributed by atoms with E-state index < -0.39 is 24.3 Å². The number of aliphatic hydroxyl groups excluding tert-OH is 1. The predicted octanol–water partition coefficient (Wildman–Crippen LogP) is 5.85. The third kappa shape index (κ3) is 9.35. The molecule has 3 unspecified atom stereocenters. The smallest absolute Gasteiger partial charge is 0.339 e. The summed E-state index contributed by atoms with van der Waals surface area (Å²) in [4.78, 5) is 13.0. The van der Waals surface area contributed by atoms with E-state index in [2.05, 4.69) is 18.8 Å². The van der Waals surface area contributed by atoms with Crippen molar-refractivity contribution in [1.29, 1.82) is 0 Å². The van der Waals surface area contributed by atoms with E-state index in [1.165, 1.54) is 6.26 Å². The Morgan fingerprint density at radius 2 is 1.55 bits per heavy atom. The Morgan fingerprint density at radius 1 is 0.886 bits per heavy atom. The van der Waals surface area contributed by atoms with Gasteiger partial charge in [-0.15, -0.1) is 0 Å². The average molecular weight is 601 g/mol. The number of methoxy groups -OCH3 is 2. The molecule has 0 fully saturated rings. The largest absolute Gasteiger partial charge is 0.497 e. The molecular formula is C36H40O8. The molecule has 44 heavy (non-hydrogen) atoms. The van der Waals surface area contributed by atoms with Gasteiger partial charge >= 0.3 is 5.97 Å². The molecule has 8 heteroatoms. The van der Waals surface area contributed by atoms with Crippen molar-refractivity contribution in [1.82, 2.24) is 0 Å². The van der Waals surface area contributed by atoms with E-state index in [1.54, 1.807) is 32.4 Å². The van der Waals surface area contributed by atoms with Gasteiger partial charge in [0.1, 0.15) is 36.4 Å². The van der Waals surface area contributed by atoms with Crippen molar-refractivity contribution >= 4 is 5.97 Å². The maximum absolute atomic E-state index is 13.0. The van der Waals surface area contributed by atoms with Crippen LogP contribution in [-0.4, -0.2) is 56.8 Å². The molecule has 1 aliphatic rings. The Morgan fingerprint density at radius 3 is 2.20 bits per heavy atom. The van der Waals surface area contributed by atoms with Crippen LogP contribution in [0, 0.1) is 11.8 Å². The lowest BCUT2D eigenvalue weighted by Crippen LogP contribution is -2.47. The number of rotatable bonds is 14. The molecule has 232 valence electrons. The van der Waals surface area contributed by atoms with Crippen molar-refractivity contribution in [3.63, 3.8) is 0 Å². The summed E-state index contributed by atoms with van der Waals surface area (Å²) < 4.78 is 34.2. The van der Waals surface area contributed by atoms with Crippen molar-refractivity contribution in [3.8, 4) is 23.3 Å². The third-order valence-corrected chi connectivity index (χ3v) is 7.16. The Bertz CT molecular complexity index is 1420.